The molecule has 5 nitrogen and oxygen atoms in total. The molecule has 0 aliphatic carbocycles. The van der Waals surface area contributed by atoms with Crippen molar-refractivity contribution in [1.29, 1.82) is 0 Å². The summed E-state index contributed by atoms with van der Waals surface area (Å²) in [7, 11) is -3.33. The zero-order valence-corrected chi connectivity index (χ0v) is 11.6. The van der Waals surface area contributed by atoms with Gasteiger partial charge in [-0.15, -0.1) is 0 Å². The second-order valence-corrected chi connectivity index (χ2v) is 5.90. The van der Waals surface area contributed by atoms with Crippen LogP contribution in [-0.4, -0.2) is 21.3 Å². The molecule has 1 aromatic rings. The first kappa shape index (κ1) is 14.6. The highest BCUT2D eigenvalue weighted by Crippen LogP contribution is 2.30. The van der Waals surface area contributed by atoms with Gasteiger partial charge < -0.3 is 10.5 Å². The van der Waals surface area contributed by atoms with Crippen LogP contribution in [0.5, 0.6) is 5.75 Å². The minimum atomic E-state index is -3.33. The highest BCUT2D eigenvalue weighted by molar-refractivity contribution is 7.92. The van der Waals surface area contributed by atoms with E-state index >= 15 is 0 Å². The number of unbranched alkanes of at least 4 members (excludes halogenated alkanes) is 2. The lowest BCUT2D eigenvalue weighted by Crippen LogP contribution is -2.12. The molecule has 0 aliphatic heterocycles. The topological polar surface area (TPSA) is 81.4 Å². The Morgan fingerprint density at radius 1 is 1.33 bits per heavy atom. The monoisotopic (exact) mass is 272 g/mol. The van der Waals surface area contributed by atoms with Gasteiger partial charge in [0.1, 0.15) is 5.75 Å². The Labute approximate surface area is 108 Å². The molecule has 1 rings (SSSR count). The van der Waals surface area contributed by atoms with Gasteiger partial charge in [0.25, 0.3) is 0 Å². The molecule has 0 atom stereocenters. The summed E-state index contributed by atoms with van der Waals surface area (Å²) in [5.41, 5.74) is 6.52. The van der Waals surface area contributed by atoms with Gasteiger partial charge in [-0.25, -0.2) is 8.42 Å². The van der Waals surface area contributed by atoms with Crippen LogP contribution >= 0.6 is 0 Å². The standard InChI is InChI=1S/C12H20N2O3S/c1-3-4-5-9-17-11-8-6-7-10(12(11)13)14-18(2,15)16/h6-8,14H,3-5,9,13H2,1-2H3. The fourth-order valence-electron chi connectivity index (χ4n) is 1.49. The molecule has 1 aromatic carbocycles. The van der Waals surface area contributed by atoms with Gasteiger partial charge in [-0.3, -0.25) is 4.72 Å². The number of benzene rings is 1. The van der Waals surface area contributed by atoms with Crippen molar-refractivity contribution in [3.8, 4) is 5.75 Å². The Balaban J connectivity index is 2.72. The van der Waals surface area contributed by atoms with Gasteiger partial charge in [0.15, 0.2) is 0 Å². The van der Waals surface area contributed by atoms with Gasteiger partial charge in [-0.1, -0.05) is 25.8 Å². The molecule has 0 spiro atoms. The average molecular weight is 272 g/mol. The summed E-state index contributed by atoms with van der Waals surface area (Å²) in [6, 6.07) is 5.04. The van der Waals surface area contributed by atoms with Crippen molar-refractivity contribution in [2.45, 2.75) is 26.2 Å². The maximum Gasteiger partial charge on any atom is 0.229 e. The molecule has 0 saturated heterocycles. The number of hydrogen-bond donors (Lipinski definition) is 2. The summed E-state index contributed by atoms with van der Waals surface area (Å²) >= 11 is 0. The third kappa shape index (κ3) is 4.83. The molecular formula is C12H20N2O3S. The maximum atomic E-state index is 11.2. The van der Waals surface area contributed by atoms with Gasteiger partial charge >= 0.3 is 0 Å². The molecule has 0 heterocycles. The fraction of sp³-hybridized carbons (Fsp3) is 0.500. The smallest absolute Gasteiger partial charge is 0.229 e. The van der Waals surface area contributed by atoms with Gasteiger partial charge in [0.2, 0.25) is 10.0 Å². The van der Waals surface area contributed by atoms with Crippen molar-refractivity contribution in [3.63, 3.8) is 0 Å². The molecule has 0 aliphatic rings. The minimum Gasteiger partial charge on any atom is -0.491 e. The van der Waals surface area contributed by atoms with E-state index in [1.165, 1.54) is 0 Å². The second kappa shape index (κ2) is 6.49. The van der Waals surface area contributed by atoms with E-state index in [0.717, 1.165) is 25.5 Å². The molecule has 102 valence electrons. The third-order valence-electron chi connectivity index (χ3n) is 2.37. The van der Waals surface area contributed by atoms with E-state index in [-0.39, 0.29) is 0 Å². The summed E-state index contributed by atoms with van der Waals surface area (Å²) in [6.45, 7) is 2.70. The zero-order valence-electron chi connectivity index (χ0n) is 10.8. The van der Waals surface area contributed by atoms with Crippen LogP contribution in [0.2, 0.25) is 0 Å². The van der Waals surface area contributed by atoms with E-state index in [1.54, 1.807) is 18.2 Å². The molecule has 18 heavy (non-hydrogen) atoms. The minimum absolute atomic E-state index is 0.319. The Kier molecular flexibility index (Phi) is 5.27. The molecule has 3 N–H and O–H groups in total. The van der Waals surface area contributed by atoms with Crippen LogP contribution in [0.1, 0.15) is 26.2 Å². The first-order chi connectivity index (χ1) is 8.44. The van der Waals surface area contributed by atoms with Crippen LogP contribution in [-0.2, 0) is 10.0 Å². The SMILES string of the molecule is CCCCCOc1cccc(NS(C)(=O)=O)c1N. The van der Waals surface area contributed by atoms with E-state index in [4.69, 9.17) is 10.5 Å². The molecule has 0 unspecified atom stereocenters. The molecule has 0 radical (unpaired) electrons. The van der Waals surface area contributed by atoms with Gasteiger partial charge in [0.05, 0.1) is 24.2 Å². The number of nitrogens with two attached hydrogens (primary N) is 1. The van der Waals surface area contributed by atoms with Crippen LogP contribution in [0.3, 0.4) is 0 Å². The van der Waals surface area contributed by atoms with E-state index < -0.39 is 10.0 Å². The molecule has 0 fully saturated rings. The van der Waals surface area contributed by atoms with Crippen molar-refractivity contribution in [3.05, 3.63) is 18.2 Å². The van der Waals surface area contributed by atoms with Gasteiger partial charge in [0, 0.05) is 0 Å². The highest BCUT2D eigenvalue weighted by Gasteiger charge is 2.09. The van der Waals surface area contributed by atoms with Crippen LogP contribution in [0.25, 0.3) is 0 Å². The van der Waals surface area contributed by atoms with Crippen molar-refractivity contribution < 1.29 is 13.2 Å². The lowest BCUT2D eigenvalue weighted by Gasteiger charge is -2.12. The van der Waals surface area contributed by atoms with Crippen molar-refractivity contribution in [2.24, 2.45) is 0 Å². The van der Waals surface area contributed by atoms with Crippen LogP contribution in [0, 0.1) is 0 Å². The number of rotatable bonds is 7. The molecule has 0 bridgehead atoms. The van der Waals surface area contributed by atoms with E-state index in [0.29, 0.717) is 23.7 Å². The number of anilines is 2. The molecule has 0 saturated carbocycles. The first-order valence-corrected chi connectivity index (χ1v) is 7.82. The van der Waals surface area contributed by atoms with Gasteiger partial charge in [-0.05, 0) is 18.6 Å². The Morgan fingerprint density at radius 3 is 2.67 bits per heavy atom. The summed E-state index contributed by atoms with van der Waals surface area (Å²) in [5, 5.41) is 0. The van der Waals surface area contributed by atoms with Crippen LogP contribution in [0.4, 0.5) is 11.4 Å². The molecule has 0 aromatic heterocycles. The summed E-state index contributed by atoms with van der Waals surface area (Å²) in [4.78, 5) is 0. The lowest BCUT2D eigenvalue weighted by atomic mass is 10.2. The van der Waals surface area contributed by atoms with E-state index in [9.17, 15) is 8.42 Å². The highest BCUT2D eigenvalue weighted by atomic mass is 32.2. The fourth-order valence-corrected chi connectivity index (χ4v) is 2.07. The maximum absolute atomic E-state index is 11.2. The predicted octanol–water partition coefficient (Wildman–Crippen LogP) is 2.21. The van der Waals surface area contributed by atoms with Gasteiger partial charge in [-0.2, -0.15) is 0 Å². The summed E-state index contributed by atoms with van der Waals surface area (Å²) in [6.07, 6.45) is 4.26. The summed E-state index contributed by atoms with van der Waals surface area (Å²) in [5.74, 6) is 0.514. The predicted molar refractivity (Wildman–Crippen MR) is 74.3 cm³/mol. The van der Waals surface area contributed by atoms with Crippen molar-refractivity contribution >= 4 is 21.4 Å². The number of para-hydroxylation sites is 1. The van der Waals surface area contributed by atoms with E-state index in [2.05, 4.69) is 11.6 Å². The molecular weight excluding hydrogens is 252 g/mol. The van der Waals surface area contributed by atoms with Crippen molar-refractivity contribution in [2.75, 3.05) is 23.3 Å². The molecule has 0 amide bonds. The number of nitrogen functional groups attached to an aromatic ring is 1. The molecule has 6 heteroatoms. The van der Waals surface area contributed by atoms with Crippen molar-refractivity contribution in [1.82, 2.24) is 0 Å². The zero-order chi connectivity index (χ0) is 13.6. The number of sulfonamides is 1. The third-order valence-corrected chi connectivity index (χ3v) is 2.96. The quantitative estimate of drug-likeness (QED) is 0.589. The number of ether oxygens (including phenoxy) is 1. The Bertz CT molecular complexity index is 486. The average Bonchev–Trinajstić information content (AvgIpc) is 2.27. The van der Waals surface area contributed by atoms with Crippen LogP contribution in [0.15, 0.2) is 18.2 Å². The Morgan fingerprint density at radius 2 is 2.06 bits per heavy atom. The first-order valence-electron chi connectivity index (χ1n) is 5.93. The number of nitrogens with one attached hydrogen (secondary N) is 1. The Hall–Kier alpha value is -1.43. The summed E-state index contributed by atoms with van der Waals surface area (Å²) < 4.78 is 30.2. The second-order valence-electron chi connectivity index (χ2n) is 4.15. The largest absolute Gasteiger partial charge is 0.491 e. The van der Waals surface area contributed by atoms with E-state index in [1.807, 2.05) is 0 Å². The normalized spacial score (nSPS) is 11.2. The van der Waals surface area contributed by atoms with Crippen LogP contribution < -0.4 is 15.2 Å². The lowest BCUT2D eigenvalue weighted by molar-refractivity contribution is 0.308. The number of hydrogen-bond acceptors (Lipinski definition) is 4.